The third-order valence-corrected chi connectivity index (χ3v) is 5.47. The molecule has 116 valence electrons. The van der Waals surface area contributed by atoms with Crippen LogP contribution in [0.3, 0.4) is 0 Å². The molecule has 3 aliphatic rings. The maximum Gasteiger partial charge on any atom is 0.339 e. The number of nitrogens with one attached hydrogen (secondary N) is 1. The minimum absolute atomic E-state index is 0.138. The minimum Gasteiger partial charge on any atom is -0.453 e. The molecule has 2 fully saturated rings. The van der Waals surface area contributed by atoms with Gasteiger partial charge in [0.1, 0.15) is 0 Å². The number of carbonyl (C=O) groups excluding carboxylic acids is 2. The Morgan fingerprint density at radius 3 is 2.90 bits per heavy atom. The maximum atomic E-state index is 12.2. The molecule has 0 spiro atoms. The van der Waals surface area contributed by atoms with Crippen LogP contribution in [0.1, 0.15) is 32.6 Å². The first kappa shape index (κ1) is 14.9. The molecular formula is C15H20ClNO4. The molecule has 2 aliphatic heterocycles. The van der Waals surface area contributed by atoms with Crippen LogP contribution in [0.2, 0.25) is 0 Å². The maximum absolute atomic E-state index is 12.2. The molecule has 2 N–H and O–H groups in total. The lowest BCUT2D eigenvalue weighted by Crippen LogP contribution is -2.80. The Kier molecular flexibility index (Phi) is 3.53. The number of fused-ring (bicyclic) bond motifs is 1. The van der Waals surface area contributed by atoms with Crippen molar-refractivity contribution in [2.24, 2.45) is 11.8 Å². The van der Waals surface area contributed by atoms with Crippen LogP contribution in [0.5, 0.6) is 0 Å². The van der Waals surface area contributed by atoms with Gasteiger partial charge in [-0.3, -0.25) is 4.79 Å². The van der Waals surface area contributed by atoms with E-state index in [1.807, 2.05) is 12.2 Å². The monoisotopic (exact) mass is 313 g/mol. The zero-order valence-electron chi connectivity index (χ0n) is 12.0. The van der Waals surface area contributed by atoms with Gasteiger partial charge in [0.25, 0.3) is 0 Å². The van der Waals surface area contributed by atoms with Crippen LogP contribution in [0.4, 0.5) is 0 Å². The highest BCUT2D eigenvalue weighted by Gasteiger charge is 2.79. The fourth-order valence-electron chi connectivity index (χ4n) is 3.99. The molecule has 1 aliphatic carbocycles. The summed E-state index contributed by atoms with van der Waals surface area (Å²) < 4.78 is 5.34. The van der Waals surface area contributed by atoms with E-state index in [4.69, 9.17) is 16.3 Å². The Hall–Kier alpha value is -1.07. The number of hydrogen-bond acceptors (Lipinski definition) is 4. The van der Waals surface area contributed by atoms with Gasteiger partial charge >= 0.3 is 5.97 Å². The first-order valence-electron chi connectivity index (χ1n) is 7.43. The van der Waals surface area contributed by atoms with Crippen LogP contribution >= 0.6 is 11.6 Å². The number of aliphatic hydroxyl groups excluding tert-OH is 1. The minimum atomic E-state index is -1.33. The van der Waals surface area contributed by atoms with Gasteiger partial charge in [0, 0.05) is 11.8 Å². The number of alkyl halides is 1. The van der Waals surface area contributed by atoms with Crippen molar-refractivity contribution in [1.82, 2.24) is 5.32 Å². The molecule has 0 unspecified atom stereocenters. The number of esters is 1. The summed E-state index contributed by atoms with van der Waals surface area (Å²) in [6.45, 7) is 1.72. The summed E-state index contributed by atoms with van der Waals surface area (Å²) in [4.78, 5) is 24.4. The molecule has 0 bridgehead atoms. The smallest absolute Gasteiger partial charge is 0.339 e. The van der Waals surface area contributed by atoms with E-state index in [1.54, 1.807) is 6.92 Å². The lowest BCUT2D eigenvalue weighted by Gasteiger charge is -2.54. The lowest BCUT2D eigenvalue weighted by molar-refractivity contribution is -0.238. The molecular weight excluding hydrogens is 294 g/mol. The third kappa shape index (κ3) is 1.80. The fourth-order valence-corrected chi connectivity index (χ4v) is 4.21. The topological polar surface area (TPSA) is 75.6 Å². The molecule has 1 amide bonds. The predicted molar refractivity (Wildman–Crippen MR) is 76.7 cm³/mol. The quantitative estimate of drug-likeness (QED) is 0.463. The molecule has 6 heteroatoms. The highest BCUT2D eigenvalue weighted by atomic mass is 35.5. The third-order valence-electron chi connectivity index (χ3n) is 5.25. The van der Waals surface area contributed by atoms with Gasteiger partial charge < -0.3 is 15.2 Å². The molecule has 0 aromatic carbocycles. The summed E-state index contributed by atoms with van der Waals surface area (Å²) in [7, 11) is 0. The van der Waals surface area contributed by atoms with Gasteiger partial charge in [-0.05, 0) is 32.6 Å². The Morgan fingerprint density at radius 1 is 1.57 bits per heavy atom. The number of rotatable bonds is 4. The summed E-state index contributed by atoms with van der Waals surface area (Å²) in [5, 5.41) is 13.5. The average Bonchev–Trinajstić information content (AvgIpc) is 2.65. The Morgan fingerprint density at radius 2 is 2.33 bits per heavy atom. The van der Waals surface area contributed by atoms with E-state index >= 15 is 0 Å². The van der Waals surface area contributed by atoms with Crippen LogP contribution in [-0.2, 0) is 14.3 Å². The van der Waals surface area contributed by atoms with Crippen LogP contribution in [0, 0.1) is 11.8 Å². The van der Waals surface area contributed by atoms with Crippen LogP contribution in [0.25, 0.3) is 0 Å². The standard InChI is InChI=1S/C15H20ClNO4/c1-14-10(7-8-16)12(19)17-15(14,13(20)21-14)11(18)9-5-3-2-4-6-9/h3,5,9-11,18H,2,4,6-8H2,1H3,(H,17,19)/t9-,10-,11+,14-,15-/m0/s1. The number of carbonyl (C=O) groups is 2. The predicted octanol–water partition coefficient (Wildman–Crippen LogP) is 1.13. The van der Waals surface area contributed by atoms with Gasteiger partial charge in [-0.25, -0.2) is 4.79 Å². The summed E-state index contributed by atoms with van der Waals surface area (Å²) in [5.41, 5.74) is -2.34. The normalized spacial score (nSPS) is 42.8. The van der Waals surface area contributed by atoms with Crippen molar-refractivity contribution in [1.29, 1.82) is 0 Å². The number of aliphatic hydroxyl groups is 1. The van der Waals surface area contributed by atoms with E-state index in [-0.39, 0.29) is 11.8 Å². The zero-order chi connectivity index (χ0) is 15.3. The number of halogens is 1. The van der Waals surface area contributed by atoms with Gasteiger partial charge in [0.2, 0.25) is 11.4 Å². The molecule has 5 atom stereocenters. The molecule has 5 nitrogen and oxygen atoms in total. The Balaban J connectivity index is 1.94. The van der Waals surface area contributed by atoms with Crippen LogP contribution < -0.4 is 5.32 Å². The van der Waals surface area contributed by atoms with Crippen molar-refractivity contribution in [3.8, 4) is 0 Å². The fraction of sp³-hybridized carbons (Fsp3) is 0.733. The number of amides is 1. The summed E-state index contributed by atoms with van der Waals surface area (Å²) >= 11 is 5.76. The highest BCUT2D eigenvalue weighted by Crippen LogP contribution is 2.53. The second-order valence-corrected chi connectivity index (χ2v) is 6.67. The van der Waals surface area contributed by atoms with E-state index in [2.05, 4.69) is 5.32 Å². The average molecular weight is 314 g/mol. The summed E-state index contributed by atoms with van der Waals surface area (Å²) in [6, 6.07) is 0. The van der Waals surface area contributed by atoms with E-state index in [9.17, 15) is 14.7 Å². The molecule has 2 saturated heterocycles. The molecule has 0 aromatic rings. The zero-order valence-corrected chi connectivity index (χ0v) is 12.7. The first-order valence-corrected chi connectivity index (χ1v) is 7.97. The van der Waals surface area contributed by atoms with Gasteiger partial charge in [-0.1, -0.05) is 12.2 Å². The van der Waals surface area contributed by atoms with Crippen LogP contribution in [0.15, 0.2) is 12.2 Å². The van der Waals surface area contributed by atoms with Crippen molar-refractivity contribution in [3.63, 3.8) is 0 Å². The summed E-state index contributed by atoms with van der Waals surface area (Å²) in [6.07, 6.45) is 6.17. The van der Waals surface area contributed by atoms with E-state index in [0.29, 0.717) is 12.3 Å². The number of hydrogen-bond donors (Lipinski definition) is 2. The second kappa shape index (κ2) is 4.99. The molecule has 0 aromatic heterocycles. The van der Waals surface area contributed by atoms with Crippen molar-refractivity contribution in [3.05, 3.63) is 12.2 Å². The SMILES string of the molecule is C[C@@]12OC(=O)[C@]1([C@H](O)[C@H]1C=CCCC1)NC(=O)[C@@H]2CCCl. The second-order valence-electron chi connectivity index (χ2n) is 6.29. The van der Waals surface area contributed by atoms with Crippen molar-refractivity contribution in [2.75, 3.05) is 5.88 Å². The number of ether oxygens (including phenoxy) is 1. The molecule has 3 rings (SSSR count). The lowest BCUT2D eigenvalue weighted by atomic mass is 9.64. The van der Waals surface area contributed by atoms with Gasteiger partial charge in [0.05, 0.1) is 12.0 Å². The molecule has 2 heterocycles. The Bertz CT molecular complexity index is 508. The van der Waals surface area contributed by atoms with E-state index in [0.717, 1.165) is 19.3 Å². The van der Waals surface area contributed by atoms with Gasteiger partial charge in [0.15, 0.2) is 5.60 Å². The number of allylic oxidation sites excluding steroid dienone is 1. The van der Waals surface area contributed by atoms with E-state index < -0.39 is 29.1 Å². The van der Waals surface area contributed by atoms with Crippen LogP contribution in [-0.4, -0.2) is 40.1 Å². The van der Waals surface area contributed by atoms with Gasteiger partial charge in [-0.15, -0.1) is 11.6 Å². The van der Waals surface area contributed by atoms with Crippen molar-refractivity contribution >= 4 is 23.5 Å². The molecule has 21 heavy (non-hydrogen) atoms. The molecule has 0 saturated carbocycles. The first-order chi connectivity index (χ1) is 9.97. The van der Waals surface area contributed by atoms with E-state index in [1.165, 1.54) is 0 Å². The highest BCUT2D eigenvalue weighted by molar-refractivity contribution is 6.18. The largest absolute Gasteiger partial charge is 0.453 e. The van der Waals surface area contributed by atoms with Crippen molar-refractivity contribution in [2.45, 2.75) is 49.9 Å². The molecule has 0 radical (unpaired) electrons. The Labute approximate surface area is 128 Å². The summed E-state index contributed by atoms with van der Waals surface area (Å²) in [5.74, 6) is -1.14. The van der Waals surface area contributed by atoms with Crippen molar-refractivity contribution < 1.29 is 19.4 Å². The van der Waals surface area contributed by atoms with Gasteiger partial charge in [-0.2, -0.15) is 0 Å².